The topological polar surface area (TPSA) is 259 Å². The third-order valence-corrected chi connectivity index (χ3v) is 11.4. The maximum absolute atomic E-state index is 13.6. The molecule has 352 valence electrons. The molecule has 1 saturated heterocycles. The number of ether oxygens (including phenoxy) is 1. The molecule has 0 aliphatic carbocycles. The third-order valence-electron chi connectivity index (χ3n) is 10.5. The van der Waals surface area contributed by atoms with E-state index in [-0.39, 0.29) is 85.5 Å². The van der Waals surface area contributed by atoms with Gasteiger partial charge in [-0.15, -0.1) is 0 Å². The van der Waals surface area contributed by atoms with Gasteiger partial charge in [-0.25, -0.2) is 9.59 Å². The first kappa shape index (κ1) is 53.7. The van der Waals surface area contributed by atoms with E-state index in [1.807, 2.05) is 13.8 Å². The van der Waals surface area contributed by atoms with Crippen LogP contribution in [0.25, 0.3) is 0 Å². The molecular formula is C43H69N9O10S. The van der Waals surface area contributed by atoms with Crippen molar-refractivity contribution < 1.29 is 47.9 Å². The normalized spacial score (nSPS) is 15.6. The summed E-state index contributed by atoms with van der Waals surface area (Å²) in [7, 11) is 4.67. The van der Waals surface area contributed by atoms with Crippen molar-refractivity contribution in [1.82, 2.24) is 36.0 Å². The fourth-order valence-corrected chi connectivity index (χ4v) is 7.50. The van der Waals surface area contributed by atoms with E-state index < -0.39 is 54.0 Å². The number of nitrogens with two attached hydrogens (primary N) is 1. The number of urea groups is 1. The molecule has 1 aliphatic rings. The van der Waals surface area contributed by atoms with E-state index in [0.29, 0.717) is 37.1 Å². The number of likely N-dealkylation sites (N-methyl/N-ethyl adjacent to an activating group) is 2. The average Bonchev–Trinajstić information content (AvgIpc) is 3.49. The number of likely N-dealkylation sites (tertiary alicyclic amines) is 1. The van der Waals surface area contributed by atoms with Crippen molar-refractivity contribution in [2.45, 2.75) is 123 Å². The van der Waals surface area contributed by atoms with E-state index in [2.05, 4.69) is 26.6 Å². The lowest BCUT2D eigenvalue weighted by Gasteiger charge is -2.32. The lowest BCUT2D eigenvalue weighted by molar-refractivity contribution is -0.138. The highest BCUT2D eigenvalue weighted by Crippen LogP contribution is 2.23. The Bertz CT molecular complexity index is 1760. The molecule has 1 fully saturated rings. The number of hydrogen-bond donors (Lipinski definition) is 6. The Morgan fingerprint density at radius 1 is 0.810 bits per heavy atom. The third kappa shape index (κ3) is 17.4. The molecule has 0 radical (unpaired) electrons. The predicted molar refractivity (Wildman–Crippen MR) is 240 cm³/mol. The molecule has 0 spiro atoms. The summed E-state index contributed by atoms with van der Waals surface area (Å²) in [5.74, 6) is -3.43. The van der Waals surface area contributed by atoms with Gasteiger partial charge in [0.1, 0.15) is 30.8 Å². The zero-order chi connectivity index (χ0) is 47.6. The Hall–Kier alpha value is -5.40. The van der Waals surface area contributed by atoms with Crippen molar-refractivity contribution in [3.8, 4) is 0 Å². The summed E-state index contributed by atoms with van der Waals surface area (Å²) in [4.78, 5) is 119. The van der Waals surface area contributed by atoms with Gasteiger partial charge in [0, 0.05) is 52.8 Å². The highest BCUT2D eigenvalue weighted by molar-refractivity contribution is 8.00. The minimum Gasteiger partial charge on any atom is -0.445 e. The van der Waals surface area contributed by atoms with Crippen LogP contribution in [0.5, 0.6) is 0 Å². The second kappa shape index (κ2) is 26.3. The second-order valence-corrected chi connectivity index (χ2v) is 18.0. The standard InChI is InChI=1S/C43H69N9O10S/c1-25(2)34(48-32(53)16-12-11-13-22-52-33(54)23-31(63-10)40(52)58)38(56)47-30(15-14-21-45-42(44)60)37(55)46-29-19-17-28(18-20-29)24-62-43(61)51(9)36(27(5)6)39(57)49-35(26(3)4)41(59)50(7)8/h17-20,25-27,30-31,34-36H,11-16,21-24H2,1-10H3,(H,46,55)(H,47,56)(H,48,53)(H,49,57)(H3,44,45,60)/t30-,31?,34?,35-,36-/m0/s1. The lowest BCUT2D eigenvalue weighted by Crippen LogP contribution is -2.57. The number of nitrogens with zero attached hydrogens (tertiary/aromatic N) is 3. The molecule has 10 amide bonds. The molecule has 63 heavy (non-hydrogen) atoms. The Morgan fingerprint density at radius 3 is 1.98 bits per heavy atom. The highest BCUT2D eigenvalue weighted by Gasteiger charge is 2.38. The fraction of sp³-hybridized carbons (Fsp3) is 0.651. The Balaban J connectivity index is 2.02. The van der Waals surface area contributed by atoms with Crippen LogP contribution in [-0.2, 0) is 44.9 Å². The van der Waals surface area contributed by atoms with Crippen molar-refractivity contribution in [1.29, 1.82) is 0 Å². The summed E-state index contributed by atoms with van der Waals surface area (Å²) >= 11 is 1.36. The van der Waals surface area contributed by atoms with Gasteiger partial charge in [0.15, 0.2) is 0 Å². The molecule has 7 N–H and O–H groups in total. The Morgan fingerprint density at radius 2 is 1.44 bits per heavy atom. The number of carbonyl (C=O) groups excluding carboxylic acids is 9. The van der Waals surface area contributed by atoms with Crippen LogP contribution in [0.1, 0.15) is 92.1 Å². The van der Waals surface area contributed by atoms with Gasteiger partial charge in [0.2, 0.25) is 41.4 Å². The quantitative estimate of drug-likeness (QED) is 0.0614. The number of primary amides is 1. The minimum atomic E-state index is -1.06. The number of imide groups is 1. The summed E-state index contributed by atoms with van der Waals surface area (Å²) < 4.78 is 5.52. The van der Waals surface area contributed by atoms with E-state index in [9.17, 15) is 43.2 Å². The number of amides is 10. The maximum Gasteiger partial charge on any atom is 0.410 e. The Kier molecular flexibility index (Phi) is 22.4. The van der Waals surface area contributed by atoms with Gasteiger partial charge < -0.3 is 42.0 Å². The smallest absolute Gasteiger partial charge is 0.410 e. The zero-order valence-corrected chi connectivity index (χ0v) is 39.2. The molecule has 1 aliphatic heterocycles. The first-order valence-corrected chi connectivity index (χ1v) is 22.7. The van der Waals surface area contributed by atoms with Gasteiger partial charge in [-0.05, 0) is 67.4 Å². The molecule has 0 bridgehead atoms. The molecule has 1 aromatic carbocycles. The largest absolute Gasteiger partial charge is 0.445 e. The van der Waals surface area contributed by atoms with Crippen LogP contribution in [0.3, 0.4) is 0 Å². The summed E-state index contributed by atoms with van der Waals surface area (Å²) in [5.41, 5.74) is 6.15. The van der Waals surface area contributed by atoms with Crippen molar-refractivity contribution in [2.75, 3.05) is 45.8 Å². The summed E-state index contributed by atoms with van der Waals surface area (Å²) in [6, 6.07) is 2.00. The van der Waals surface area contributed by atoms with Gasteiger partial charge in [0.05, 0.1) is 5.25 Å². The number of thioether (sulfide) groups is 1. The van der Waals surface area contributed by atoms with Crippen molar-refractivity contribution >= 4 is 70.9 Å². The Labute approximate surface area is 375 Å². The van der Waals surface area contributed by atoms with Gasteiger partial charge in [0.25, 0.3) is 0 Å². The highest BCUT2D eigenvalue weighted by atomic mass is 32.2. The number of unbranched alkanes of at least 4 members (excludes halogenated alkanes) is 2. The first-order chi connectivity index (χ1) is 29.6. The molecule has 2 rings (SSSR count). The molecular weight excluding hydrogens is 835 g/mol. The minimum absolute atomic E-state index is 0.120. The van der Waals surface area contributed by atoms with Crippen LogP contribution in [0, 0.1) is 17.8 Å². The molecule has 19 nitrogen and oxygen atoms in total. The van der Waals surface area contributed by atoms with E-state index >= 15 is 0 Å². The van der Waals surface area contributed by atoms with Crippen LogP contribution >= 0.6 is 11.8 Å². The van der Waals surface area contributed by atoms with E-state index in [1.54, 1.807) is 72.3 Å². The second-order valence-electron chi connectivity index (χ2n) is 16.9. The zero-order valence-electron chi connectivity index (χ0n) is 38.4. The van der Waals surface area contributed by atoms with Crippen LogP contribution in [0.2, 0.25) is 0 Å². The lowest BCUT2D eigenvalue weighted by atomic mass is 9.99. The van der Waals surface area contributed by atoms with Crippen LogP contribution in [0.15, 0.2) is 24.3 Å². The van der Waals surface area contributed by atoms with Crippen LogP contribution in [0.4, 0.5) is 15.3 Å². The summed E-state index contributed by atoms with van der Waals surface area (Å²) in [6.45, 7) is 11.0. The molecule has 1 aromatic rings. The number of nitrogens with one attached hydrogen (secondary N) is 5. The van der Waals surface area contributed by atoms with Crippen LogP contribution < -0.4 is 32.3 Å². The number of hydrogen-bond acceptors (Lipinski definition) is 11. The number of anilines is 1. The summed E-state index contributed by atoms with van der Waals surface area (Å²) in [5, 5.41) is 13.2. The van der Waals surface area contributed by atoms with Gasteiger partial charge >= 0.3 is 12.1 Å². The van der Waals surface area contributed by atoms with Crippen molar-refractivity contribution in [3.63, 3.8) is 0 Å². The monoisotopic (exact) mass is 903 g/mol. The molecule has 2 unspecified atom stereocenters. The van der Waals surface area contributed by atoms with E-state index in [4.69, 9.17) is 10.5 Å². The van der Waals surface area contributed by atoms with Crippen LogP contribution in [-0.4, -0.2) is 138 Å². The molecule has 20 heteroatoms. The van der Waals surface area contributed by atoms with Gasteiger partial charge in [-0.3, -0.25) is 43.4 Å². The van der Waals surface area contributed by atoms with E-state index in [0.717, 1.165) is 0 Å². The first-order valence-electron chi connectivity index (χ1n) is 21.4. The fourth-order valence-electron chi connectivity index (χ4n) is 6.86. The molecule has 0 saturated carbocycles. The molecule has 1 heterocycles. The van der Waals surface area contributed by atoms with Gasteiger partial charge in [-0.1, -0.05) is 60.1 Å². The number of rotatable bonds is 25. The molecule has 0 aromatic heterocycles. The number of carbonyl (C=O) groups is 9. The SMILES string of the molecule is CSC1CC(=O)N(CCCCCC(=O)NC(C(=O)N[C@@H](CCCNC(N)=O)C(=O)Nc2ccc(COC(=O)N(C)[C@H](C(=O)N[C@H](C(=O)N(C)C)C(C)C)C(C)C)cc2)C(C)C)C1=O. The van der Waals surface area contributed by atoms with Crippen molar-refractivity contribution in [2.24, 2.45) is 23.5 Å². The van der Waals surface area contributed by atoms with Gasteiger partial charge in [-0.2, -0.15) is 11.8 Å². The maximum atomic E-state index is 13.6. The van der Waals surface area contributed by atoms with E-state index in [1.165, 1.54) is 33.5 Å². The predicted octanol–water partition coefficient (Wildman–Crippen LogP) is 2.57. The van der Waals surface area contributed by atoms with Crippen molar-refractivity contribution in [3.05, 3.63) is 29.8 Å². The number of benzene rings is 1. The molecule has 5 atom stereocenters. The summed E-state index contributed by atoms with van der Waals surface area (Å²) in [6.07, 6.45) is 3.41. The average molecular weight is 904 g/mol.